The number of amides is 1. The van der Waals surface area contributed by atoms with Crippen LogP contribution in [0.25, 0.3) is 10.9 Å². The topological polar surface area (TPSA) is 76.9 Å². The van der Waals surface area contributed by atoms with E-state index in [1.54, 1.807) is 0 Å². The molecule has 25 heavy (non-hydrogen) atoms. The van der Waals surface area contributed by atoms with E-state index in [2.05, 4.69) is 15.6 Å². The smallest absolute Gasteiger partial charge is 0.278 e. The molecule has 1 aromatic heterocycles. The first-order valence-corrected chi connectivity index (χ1v) is 7.83. The van der Waals surface area contributed by atoms with Gasteiger partial charge in [-0.15, -0.1) is 5.10 Å². The number of benzene rings is 2. The Morgan fingerprint density at radius 1 is 1.24 bits per heavy atom. The maximum absolute atomic E-state index is 13.3. The fraction of sp³-hybridized carbons (Fsp3) is 0.222. The van der Waals surface area contributed by atoms with Gasteiger partial charge in [0.15, 0.2) is 0 Å². The average molecular weight is 340 g/mol. The van der Waals surface area contributed by atoms with E-state index in [-0.39, 0.29) is 29.4 Å². The lowest BCUT2D eigenvalue weighted by Gasteiger charge is -2.14. The lowest BCUT2D eigenvalue weighted by Crippen LogP contribution is -2.35. The number of rotatable bonds is 4. The van der Waals surface area contributed by atoms with Gasteiger partial charge in [-0.2, -0.15) is 0 Å². The van der Waals surface area contributed by atoms with Crippen LogP contribution in [-0.4, -0.2) is 20.9 Å². The Morgan fingerprint density at radius 3 is 2.68 bits per heavy atom. The molecule has 0 spiro atoms. The van der Waals surface area contributed by atoms with E-state index in [9.17, 15) is 14.0 Å². The largest absolute Gasteiger partial charge is 0.348 e. The predicted molar refractivity (Wildman–Crippen MR) is 91.5 cm³/mol. The van der Waals surface area contributed by atoms with Crippen LogP contribution in [0.1, 0.15) is 24.1 Å². The molecule has 1 heterocycles. The van der Waals surface area contributed by atoms with Gasteiger partial charge in [0.1, 0.15) is 17.9 Å². The summed E-state index contributed by atoms with van der Waals surface area (Å²) >= 11 is 0. The van der Waals surface area contributed by atoms with Crippen molar-refractivity contribution in [3.8, 4) is 0 Å². The summed E-state index contributed by atoms with van der Waals surface area (Å²) in [4.78, 5) is 24.5. The van der Waals surface area contributed by atoms with E-state index in [0.29, 0.717) is 0 Å². The molecule has 0 saturated carbocycles. The van der Waals surface area contributed by atoms with E-state index in [1.165, 1.54) is 12.1 Å². The molecule has 1 atom stereocenters. The van der Waals surface area contributed by atoms with Crippen molar-refractivity contribution < 1.29 is 9.18 Å². The second-order valence-electron chi connectivity index (χ2n) is 5.91. The van der Waals surface area contributed by atoms with Crippen LogP contribution in [0.5, 0.6) is 0 Å². The van der Waals surface area contributed by atoms with Crippen LogP contribution in [0, 0.1) is 12.7 Å². The first-order chi connectivity index (χ1) is 11.9. The number of nitrogens with one attached hydrogen (secondary N) is 1. The highest BCUT2D eigenvalue weighted by atomic mass is 19.1. The molecule has 1 N–H and O–H groups in total. The Hall–Kier alpha value is -3.09. The number of nitrogens with zero attached hydrogens (tertiary/aromatic N) is 3. The maximum atomic E-state index is 13.3. The lowest BCUT2D eigenvalue weighted by atomic mass is 10.1. The highest BCUT2D eigenvalue weighted by Gasteiger charge is 2.13. The molecule has 3 aromatic rings. The number of hydrogen-bond donors (Lipinski definition) is 1. The second kappa shape index (κ2) is 6.80. The predicted octanol–water partition coefficient (Wildman–Crippen LogP) is 2.12. The molecule has 6 nitrogen and oxygen atoms in total. The van der Waals surface area contributed by atoms with Gasteiger partial charge in [-0.05, 0) is 37.6 Å². The van der Waals surface area contributed by atoms with Crippen LogP contribution < -0.4 is 10.9 Å². The molecule has 3 rings (SSSR count). The number of halogens is 1. The monoisotopic (exact) mass is 340 g/mol. The number of hydrogen-bond acceptors (Lipinski definition) is 4. The van der Waals surface area contributed by atoms with Crippen molar-refractivity contribution in [1.82, 2.24) is 20.3 Å². The molecular formula is C18H17FN4O2. The van der Waals surface area contributed by atoms with Gasteiger partial charge in [-0.25, -0.2) is 9.07 Å². The van der Waals surface area contributed by atoms with E-state index >= 15 is 0 Å². The fourth-order valence-corrected chi connectivity index (χ4v) is 2.51. The van der Waals surface area contributed by atoms with Gasteiger partial charge in [-0.1, -0.05) is 35.0 Å². The van der Waals surface area contributed by atoms with Crippen LogP contribution in [0.15, 0.2) is 47.3 Å². The molecule has 7 heteroatoms. The molecule has 0 bridgehead atoms. The summed E-state index contributed by atoms with van der Waals surface area (Å²) in [5.74, 6) is -0.915. The molecule has 0 unspecified atom stereocenters. The van der Waals surface area contributed by atoms with Crippen molar-refractivity contribution in [1.29, 1.82) is 0 Å². The van der Waals surface area contributed by atoms with Crippen LogP contribution in [0.4, 0.5) is 4.39 Å². The van der Waals surface area contributed by atoms with Crippen LogP contribution in [0.3, 0.4) is 0 Å². The van der Waals surface area contributed by atoms with Crippen LogP contribution in [-0.2, 0) is 11.3 Å². The Bertz CT molecular complexity index is 983. The molecule has 0 aliphatic carbocycles. The summed E-state index contributed by atoms with van der Waals surface area (Å²) in [5.41, 5.74) is 1.82. The summed E-state index contributed by atoms with van der Waals surface area (Å²) < 4.78 is 14.3. The molecule has 0 aliphatic rings. The third-order valence-electron chi connectivity index (χ3n) is 3.93. The molecule has 2 aromatic carbocycles. The van der Waals surface area contributed by atoms with Gasteiger partial charge >= 0.3 is 0 Å². The average Bonchev–Trinajstić information content (AvgIpc) is 2.58. The standard InChI is InChI=1S/C18H17FN4O2/c1-11-3-5-13(6-4-11)12(2)20-17(24)10-23-18(25)15-9-14(19)7-8-16(15)21-22-23/h3-9,12H,10H2,1-2H3,(H,20,24)/t12-/m0/s1. The Morgan fingerprint density at radius 2 is 1.96 bits per heavy atom. The fourth-order valence-electron chi connectivity index (χ4n) is 2.51. The molecule has 0 radical (unpaired) electrons. The van der Waals surface area contributed by atoms with Crippen molar-refractivity contribution in [2.45, 2.75) is 26.4 Å². The minimum absolute atomic E-state index is 0.0920. The van der Waals surface area contributed by atoms with Gasteiger partial charge in [0.05, 0.1) is 11.4 Å². The molecule has 0 fully saturated rings. The SMILES string of the molecule is Cc1ccc([C@H](C)NC(=O)Cn2nnc3ccc(F)cc3c2=O)cc1. The number of carbonyl (C=O) groups is 1. The first-order valence-electron chi connectivity index (χ1n) is 7.83. The number of aromatic nitrogens is 3. The summed E-state index contributed by atoms with van der Waals surface area (Å²) in [7, 11) is 0. The zero-order valence-corrected chi connectivity index (χ0v) is 13.9. The second-order valence-corrected chi connectivity index (χ2v) is 5.91. The normalized spacial score (nSPS) is 12.1. The minimum Gasteiger partial charge on any atom is -0.348 e. The number of aryl methyl sites for hydroxylation is 1. The zero-order chi connectivity index (χ0) is 18.0. The molecule has 0 saturated heterocycles. The van der Waals surface area contributed by atoms with Gasteiger partial charge in [0.25, 0.3) is 5.56 Å². The van der Waals surface area contributed by atoms with Crippen LogP contribution >= 0.6 is 0 Å². The zero-order valence-electron chi connectivity index (χ0n) is 13.9. The third kappa shape index (κ3) is 3.71. The summed E-state index contributed by atoms with van der Waals surface area (Å²) in [5, 5.41) is 10.5. The van der Waals surface area contributed by atoms with Crippen molar-refractivity contribution in [2.24, 2.45) is 0 Å². The lowest BCUT2D eigenvalue weighted by molar-refractivity contribution is -0.122. The molecule has 1 amide bonds. The quantitative estimate of drug-likeness (QED) is 0.789. The Balaban J connectivity index is 1.76. The highest BCUT2D eigenvalue weighted by Crippen LogP contribution is 2.13. The Labute approximate surface area is 143 Å². The maximum Gasteiger partial charge on any atom is 0.278 e. The minimum atomic E-state index is -0.553. The van der Waals surface area contributed by atoms with Crippen molar-refractivity contribution >= 4 is 16.8 Å². The van der Waals surface area contributed by atoms with Gasteiger partial charge in [0.2, 0.25) is 5.91 Å². The number of carbonyl (C=O) groups excluding carboxylic acids is 1. The first kappa shape index (κ1) is 16.8. The van der Waals surface area contributed by atoms with Gasteiger partial charge < -0.3 is 5.32 Å². The van der Waals surface area contributed by atoms with Gasteiger partial charge in [-0.3, -0.25) is 9.59 Å². The van der Waals surface area contributed by atoms with Crippen LogP contribution in [0.2, 0.25) is 0 Å². The Kier molecular flexibility index (Phi) is 4.56. The van der Waals surface area contributed by atoms with E-state index in [0.717, 1.165) is 21.9 Å². The van der Waals surface area contributed by atoms with E-state index in [1.807, 2.05) is 38.1 Å². The van der Waals surface area contributed by atoms with Crippen molar-refractivity contribution in [2.75, 3.05) is 0 Å². The van der Waals surface area contributed by atoms with E-state index < -0.39 is 11.4 Å². The number of fused-ring (bicyclic) bond motifs is 1. The van der Waals surface area contributed by atoms with Crippen molar-refractivity contribution in [3.63, 3.8) is 0 Å². The van der Waals surface area contributed by atoms with Crippen molar-refractivity contribution in [3.05, 3.63) is 69.8 Å². The molecular weight excluding hydrogens is 323 g/mol. The summed E-state index contributed by atoms with van der Waals surface area (Å²) in [6, 6.07) is 11.3. The highest BCUT2D eigenvalue weighted by molar-refractivity contribution is 5.78. The summed E-state index contributed by atoms with van der Waals surface area (Å²) in [6.07, 6.45) is 0. The van der Waals surface area contributed by atoms with Gasteiger partial charge in [0, 0.05) is 0 Å². The molecule has 0 aliphatic heterocycles. The third-order valence-corrected chi connectivity index (χ3v) is 3.93. The molecule has 128 valence electrons. The van der Waals surface area contributed by atoms with E-state index in [4.69, 9.17) is 0 Å². The summed E-state index contributed by atoms with van der Waals surface area (Å²) in [6.45, 7) is 3.56.